The van der Waals surface area contributed by atoms with Gasteiger partial charge in [0, 0.05) is 16.9 Å². The predicted octanol–water partition coefficient (Wildman–Crippen LogP) is 5.01. The van der Waals surface area contributed by atoms with E-state index in [1.165, 1.54) is 18.2 Å². The highest BCUT2D eigenvalue weighted by Gasteiger charge is 2.20. The molecule has 0 aliphatic rings. The fourth-order valence-corrected chi connectivity index (χ4v) is 4.11. The van der Waals surface area contributed by atoms with Gasteiger partial charge in [0.25, 0.3) is 15.9 Å². The van der Waals surface area contributed by atoms with Crippen molar-refractivity contribution in [3.63, 3.8) is 0 Å². The highest BCUT2D eigenvalue weighted by Crippen LogP contribution is 2.25. The molecule has 1 amide bonds. The molecule has 2 N–H and O–H groups in total. The van der Waals surface area contributed by atoms with Gasteiger partial charge in [0.15, 0.2) is 0 Å². The Morgan fingerprint density at radius 2 is 1.36 bits per heavy atom. The summed E-state index contributed by atoms with van der Waals surface area (Å²) in [6, 6.07) is 18.4. The summed E-state index contributed by atoms with van der Waals surface area (Å²) in [4.78, 5) is 12.4. The van der Waals surface area contributed by atoms with Crippen LogP contribution in [0.1, 0.15) is 21.5 Å². The van der Waals surface area contributed by atoms with Crippen LogP contribution in [0, 0.1) is 13.8 Å². The van der Waals surface area contributed by atoms with Crippen molar-refractivity contribution in [2.24, 2.45) is 0 Å². The Morgan fingerprint density at radius 3 is 1.93 bits per heavy atom. The molecule has 0 aliphatic heterocycles. The van der Waals surface area contributed by atoms with Crippen molar-refractivity contribution in [2.75, 3.05) is 10.0 Å². The predicted molar refractivity (Wildman–Crippen MR) is 113 cm³/mol. The largest absolute Gasteiger partial charge is 0.322 e. The van der Waals surface area contributed by atoms with Crippen LogP contribution in [0.5, 0.6) is 0 Å². The summed E-state index contributed by atoms with van der Waals surface area (Å²) in [5, 5.41) is 2.78. The summed E-state index contributed by atoms with van der Waals surface area (Å²) < 4.78 is 28.0. The standard InChI is InChI=1S/C21H19ClN2O3S/c1-14-3-8-17(9-4-14)23-21(25)16-7-12-19(22)20(13-16)28(26,27)24-18-10-5-15(2)6-11-18/h3-13,24H,1-2H3,(H,23,25). The number of amides is 1. The van der Waals surface area contributed by atoms with E-state index >= 15 is 0 Å². The van der Waals surface area contributed by atoms with E-state index in [2.05, 4.69) is 10.0 Å². The molecule has 0 saturated carbocycles. The van der Waals surface area contributed by atoms with Crippen LogP contribution in [0.15, 0.2) is 71.6 Å². The first-order chi connectivity index (χ1) is 13.2. The zero-order valence-corrected chi connectivity index (χ0v) is 16.9. The Kier molecular flexibility index (Phi) is 5.72. The number of aryl methyl sites for hydroxylation is 2. The highest BCUT2D eigenvalue weighted by atomic mass is 35.5. The lowest BCUT2D eigenvalue weighted by molar-refractivity contribution is 0.102. The highest BCUT2D eigenvalue weighted by molar-refractivity contribution is 7.92. The lowest BCUT2D eigenvalue weighted by Crippen LogP contribution is -2.16. The fourth-order valence-electron chi connectivity index (χ4n) is 2.52. The van der Waals surface area contributed by atoms with E-state index in [1.54, 1.807) is 36.4 Å². The number of benzene rings is 3. The second kappa shape index (κ2) is 8.04. The minimum absolute atomic E-state index is 0.0338. The molecule has 0 heterocycles. The first-order valence-corrected chi connectivity index (χ1v) is 10.4. The minimum atomic E-state index is -3.95. The SMILES string of the molecule is Cc1ccc(NC(=O)c2ccc(Cl)c(S(=O)(=O)Nc3ccc(C)cc3)c2)cc1. The molecule has 3 aromatic carbocycles. The van der Waals surface area contributed by atoms with E-state index in [4.69, 9.17) is 11.6 Å². The Balaban J connectivity index is 1.86. The molecule has 5 nitrogen and oxygen atoms in total. The lowest BCUT2D eigenvalue weighted by Gasteiger charge is -2.12. The van der Waals surface area contributed by atoms with Gasteiger partial charge in [-0.15, -0.1) is 0 Å². The summed E-state index contributed by atoms with van der Waals surface area (Å²) in [5.74, 6) is -0.424. The summed E-state index contributed by atoms with van der Waals surface area (Å²) in [7, 11) is -3.95. The second-order valence-electron chi connectivity index (χ2n) is 6.44. The van der Waals surface area contributed by atoms with Crippen LogP contribution in [0.3, 0.4) is 0 Å². The van der Waals surface area contributed by atoms with Gasteiger partial charge in [-0.25, -0.2) is 8.42 Å². The third kappa shape index (κ3) is 4.71. The molecule has 7 heteroatoms. The molecule has 0 radical (unpaired) electrons. The van der Waals surface area contributed by atoms with Gasteiger partial charge in [0.2, 0.25) is 0 Å². The van der Waals surface area contributed by atoms with Crippen molar-refractivity contribution >= 4 is 38.9 Å². The number of carbonyl (C=O) groups is 1. The van der Waals surface area contributed by atoms with E-state index in [0.29, 0.717) is 11.4 Å². The Labute approximate surface area is 169 Å². The van der Waals surface area contributed by atoms with E-state index < -0.39 is 15.9 Å². The number of hydrogen-bond donors (Lipinski definition) is 2. The lowest BCUT2D eigenvalue weighted by atomic mass is 10.2. The Hall–Kier alpha value is -2.83. The van der Waals surface area contributed by atoms with Crippen LogP contribution in [0.2, 0.25) is 5.02 Å². The number of anilines is 2. The maximum absolute atomic E-state index is 12.8. The van der Waals surface area contributed by atoms with Crippen LogP contribution < -0.4 is 10.0 Å². The molecule has 3 aromatic rings. The van der Waals surface area contributed by atoms with Crippen LogP contribution >= 0.6 is 11.6 Å². The van der Waals surface area contributed by atoms with E-state index in [0.717, 1.165) is 11.1 Å². The van der Waals surface area contributed by atoms with E-state index in [9.17, 15) is 13.2 Å². The smallest absolute Gasteiger partial charge is 0.263 e. The number of rotatable bonds is 5. The molecule has 3 rings (SSSR count). The molecular weight excluding hydrogens is 396 g/mol. The van der Waals surface area contributed by atoms with E-state index in [-0.39, 0.29) is 15.5 Å². The van der Waals surface area contributed by atoms with Crippen LogP contribution in [-0.4, -0.2) is 14.3 Å². The first-order valence-electron chi connectivity index (χ1n) is 8.52. The van der Waals surface area contributed by atoms with Gasteiger partial charge in [-0.05, 0) is 56.3 Å². The zero-order valence-electron chi connectivity index (χ0n) is 15.4. The van der Waals surface area contributed by atoms with Crippen molar-refractivity contribution < 1.29 is 13.2 Å². The Bertz CT molecular complexity index is 1110. The van der Waals surface area contributed by atoms with Crippen molar-refractivity contribution in [1.29, 1.82) is 0 Å². The fraction of sp³-hybridized carbons (Fsp3) is 0.0952. The van der Waals surface area contributed by atoms with Crippen LogP contribution in [-0.2, 0) is 10.0 Å². The topological polar surface area (TPSA) is 75.3 Å². The Morgan fingerprint density at radius 1 is 0.821 bits per heavy atom. The molecule has 0 unspecified atom stereocenters. The number of sulfonamides is 1. The third-order valence-corrected chi connectivity index (χ3v) is 5.96. The molecule has 0 atom stereocenters. The van der Waals surface area contributed by atoms with Crippen LogP contribution in [0.4, 0.5) is 11.4 Å². The average molecular weight is 415 g/mol. The number of halogens is 1. The molecule has 0 aliphatic carbocycles. The van der Waals surface area contributed by atoms with Gasteiger partial charge in [0.1, 0.15) is 4.90 Å². The molecule has 144 valence electrons. The van der Waals surface area contributed by atoms with Crippen molar-refractivity contribution in [3.8, 4) is 0 Å². The molecule has 0 fully saturated rings. The van der Waals surface area contributed by atoms with Crippen LogP contribution in [0.25, 0.3) is 0 Å². The maximum Gasteiger partial charge on any atom is 0.263 e. The van der Waals surface area contributed by atoms with Gasteiger partial charge < -0.3 is 5.32 Å². The monoisotopic (exact) mass is 414 g/mol. The van der Waals surface area contributed by atoms with Gasteiger partial charge in [-0.2, -0.15) is 0 Å². The van der Waals surface area contributed by atoms with Crippen molar-refractivity contribution in [1.82, 2.24) is 0 Å². The molecule has 28 heavy (non-hydrogen) atoms. The molecular formula is C21H19ClN2O3S. The average Bonchev–Trinajstić information content (AvgIpc) is 2.65. The second-order valence-corrected chi connectivity index (χ2v) is 8.49. The maximum atomic E-state index is 12.8. The van der Waals surface area contributed by atoms with Crippen molar-refractivity contribution in [2.45, 2.75) is 18.7 Å². The third-order valence-electron chi connectivity index (χ3n) is 4.10. The summed E-state index contributed by atoms with van der Waals surface area (Å²) in [6.45, 7) is 3.86. The number of hydrogen-bond acceptors (Lipinski definition) is 3. The first kappa shape index (κ1) is 19.9. The molecule has 0 saturated heterocycles. The summed E-state index contributed by atoms with van der Waals surface area (Å²) in [6.07, 6.45) is 0. The van der Waals surface area contributed by atoms with Gasteiger partial charge in [-0.1, -0.05) is 47.0 Å². The van der Waals surface area contributed by atoms with Gasteiger partial charge >= 0.3 is 0 Å². The minimum Gasteiger partial charge on any atom is -0.322 e. The van der Waals surface area contributed by atoms with Gasteiger partial charge in [-0.3, -0.25) is 9.52 Å². The molecule has 0 bridgehead atoms. The summed E-state index contributed by atoms with van der Waals surface area (Å²) in [5.41, 5.74) is 3.30. The summed E-state index contributed by atoms with van der Waals surface area (Å²) >= 11 is 6.10. The van der Waals surface area contributed by atoms with Crippen molar-refractivity contribution in [3.05, 3.63) is 88.4 Å². The molecule has 0 aromatic heterocycles. The quantitative estimate of drug-likeness (QED) is 0.616. The van der Waals surface area contributed by atoms with Gasteiger partial charge in [0.05, 0.1) is 5.02 Å². The number of carbonyl (C=O) groups excluding carboxylic acids is 1. The number of nitrogens with one attached hydrogen (secondary N) is 2. The zero-order chi connectivity index (χ0) is 20.3. The van der Waals surface area contributed by atoms with E-state index in [1.807, 2.05) is 26.0 Å². The molecule has 0 spiro atoms. The normalized spacial score (nSPS) is 11.1.